The highest BCUT2D eigenvalue weighted by Crippen LogP contribution is 2.20. The predicted molar refractivity (Wildman–Crippen MR) is 58.8 cm³/mol. The fraction of sp³-hybridized carbons (Fsp3) is 0.0909. The molecular weight excluding hydrogens is 260 g/mol. The van der Waals surface area contributed by atoms with Crippen LogP contribution < -0.4 is 4.74 Å². The molecule has 0 unspecified atom stereocenters. The third-order valence-corrected chi connectivity index (χ3v) is 2.25. The van der Waals surface area contributed by atoms with E-state index < -0.39 is 0 Å². The van der Waals surface area contributed by atoms with Crippen molar-refractivity contribution in [1.82, 2.24) is 0 Å². The van der Waals surface area contributed by atoms with Gasteiger partial charge in [-0.25, -0.2) is 0 Å². The van der Waals surface area contributed by atoms with Crippen molar-refractivity contribution >= 4 is 15.9 Å². The van der Waals surface area contributed by atoms with Gasteiger partial charge in [-0.15, -0.1) is 0 Å². The van der Waals surface area contributed by atoms with Crippen LogP contribution in [0.5, 0.6) is 11.5 Å². The Hall–Kier alpha value is -1.42. The molecule has 1 aromatic heterocycles. The molecule has 0 saturated carbocycles. The molecule has 1 heterocycles. The Labute approximate surface area is 95.4 Å². The topological polar surface area (TPSA) is 42.6 Å². The molecule has 0 aliphatic carbocycles. The van der Waals surface area contributed by atoms with Crippen molar-refractivity contribution in [2.45, 2.75) is 6.61 Å². The van der Waals surface area contributed by atoms with Crippen LogP contribution in [0.25, 0.3) is 0 Å². The molecule has 0 bridgehead atoms. The molecule has 1 aromatic carbocycles. The molecule has 0 radical (unpaired) electrons. The van der Waals surface area contributed by atoms with Crippen molar-refractivity contribution in [3.05, 3.63) is 46.8 Å². The van der Waals surface area contributed by atoms with E-state index in [1.807, 2.05) is 6.07 Å². The van der Waals surface area contributed by atoms with Crippen molar-refractivity contribution in [1.29, 1.82) is 0 Å². The highest BCUT2D eigenvalue weighted by atomic mass is 79.9. The van der Waals surface area contributed by atoms with Gasteiger partial charge in [0.15, 0.2) is 4.67 Å². The summed E-state index contributed by atoms with van der Waals surface area (Å²) < 4.78 is 11.4. The molecule has 2 aromatic rings. The standard InChI is InChI=1S/C11H9BrO3/c12-11-5-4-10(15-11)7-14-9-3-1-2-8(13)6-9/h1-6,13H,7H2. The Bertz CT molecular complexity index is 451. The van der Waals surface area contributed by atoms with Crippen LogP contribution in [0.1, 0.15) is 5.76 Å². The number of phenolic OH excluding ortho intramolecular Hbond substituents is 1. The summed E-state index contributed by atoms with van der Waals surface area (Å²) >= 11 is 3.21. The Morgan fingerprint density at radius 2 is 2.13 bits per heavy atom. The smallest absolute Gasteiger partial charge is 0.169 e. The predicted octanol–water partition coefficient (Wildman–Crippen LogP) is 3.33. The molecule has 0 saturated heterocycles. The highest BCUT2D eigenvalue weighted by molar-refractivity contribution is 9.10. The summed E-state index contributed by atoms with van der Waals surface area (Å²) in [4.78, 5) is 0. The molecule has 0 spiro atoms. The van der Waals surface area contributed by atoms with E-state index in [0.29, 0.717) is 17.0 Å². The normalized spacial score (nSPS) is 10.2. The first-order valence-electron chi connectivity index (χ1n) is 4.40. The van der Waals surface area contributed by atoms with Gasteiger partial charge in [0.1, 0.15) is 23.9 Å². The molecule has 2 rings (SSSR count). The minimum atomic E-state index is 0.188. The highest BCUT2D eigenvalue weighted by Gasteiger charge is 2.01. The van der Waals surface area contributed by atoms with Gasteiger partial charge in [-0.3, -0.25) is 0 Å². The first kappa shape index (κ1) is 10.1. The van der Waals surface area contributed by atoms with E-state index in [1.54, 1.807) is 30.3 Å². The SMILES string of the molecule is Oc1cccc(OCc2ccc(Br)o2)c1. The maximum absolute atomic E-state index is 9.20. The summed E-state index contributed by atoms with van der Waals surface area (Å²) in [7, 11) is 0. The average molecular weight is 269 g/mol. The number of hydrogen-bond donors (Lipinski definition) is 1. The summed E-state index contributed by atoms with van der Waals surface area (Å²) in [6.45, 7) is 0.342. The largest absolute Gasteiger partial charge is 0.508 e. The Kier molecular flexibility index (Phi) is 2.97. The molecule has 0 aliphatic rings. The Morgan fingerprint density at radius 3 is 2.80 bits per heavy atom. The number of aromatic hydroxyl groups is 1. The van der Waals surface area contributed by atoms with E-state index in [4.69, 9.17) is 9.15 Å². The van der Waals surface area contributed by atoms with Gasteiger partial charge < -0.3 is 14.3 Å². The van der Waals surface area contributed by atoms with Crippen LogP contribution in [0.3, 0.4) is 0 Å². The van der Waals surface area contributed by atoms with Gasteiger partial charge in [0, 0.05) is 6.07 Å². The molecule has 1 N–H and O–H groups in total. The lowest BCUT2D eigenvalue weighted by molar-refractivity contribution is 0.266. The van der Waals surface area contributed by atoms with Gasteiger partial charge in [-0.1, -0.05) is 6.07 Å². The zero-order valence-corrected chi connectivity index (χ0v) is 9.40. The van der Waals surface area contributed by atoms with Crippen molar-refractivity contribution in [3.63, 3.8) is 0 Å². The fourth-order valence-electron chi connectivity index (χ4n) is 1.16. The third kappa shape index (κ3) is 2.76. The molecule has 0 fully saturated rings. The third-order valence-electron chi connectivity index (χ3n) is 1.83. The minimum Gasteiger partial charge on any atom is -0.508 e. The number of halogens is 1. The average Bonchev–Trinajstić information content (AvgIpc) is 2.62. The number of phenols is 1. The van der Waals surface area contributed by atoms with Crippen LogP contribution in [-0.4, -0.2) is 5.11 Å². The Balaban J connectivity index is 1.99. The summed E-state index contributed by atoms with van der Waals surface area (Å²) in [5, 5.41) is 9.20. The number of ether oxygens (including phenoxy) is 1. The van der Waals surface area contributed by atoms with E-state index in [0.717, 1.165) is 5.76 Å². The first-order valence-corrected chi connectivity index (χ1v) is 5.19. The zero-order chi connectivity index (χ0) is 10.7. The van der Waals surface area contributed by atoms with Gasteiger partial charge in [0.2, 0.25) is 0 Å². The molecule has 0 amide bonds. The molecule has 0 aliphatic heterocycles. The summed E-state index contributed by atoms with van der Waals surface area (Å²) in [6.07, 6.45) is 0. The van der Waals surface area contributed by atoms with Gasteiger partial charge >= 0.3 is 0 Å². The molecule has 4 heteroatoms. The Morgan fingerprint density at radius 1 is 1.27 bits per heavy atom. The maximum atomic E-state index is 9.20. The number of benzene rings is 1. The zero-order valence-electron chi connectivity index (χ0n) is 7.81. The number of furan rings is 1. The quantitative estimate of drug-likeness (QED) is 0.929. The second kappa shape index (κ2) is 4.40. The summed E-state index contributed by atoms with van der Waals surface area (Å²) in [6, 6.07) is 10.3. The fourth-order valence-corrected chi connectivity index (χ4v) is 1.50. The first-order chi connectivity index (χ1) is 7.24. The number of hydrogen-bond acceptors (Lipinski definition) is 3. The molecule has 15 heavy (non-hydrogen) atoms. The monoisotopic (exact) mass is 268 g/mol. The van der Waals surface area contributed by atoms with Crippen LogP contribution in [0, 0.1) is 0 Å². The van der Waals surface area contributed by atoms with Crippen molar-refractivity contribution in [2.24, 2.45) is 0 Å². The van der Waals surface area contributed by atoms with E-state index in [-0.39, 0.29) is 5.75 Å². The summed E-state index contributed by atoms with van der Waals surface area (Å²) in [5.74, 6) is 1.53. The second-order valence-corrected chi connectivity index (χ2v) is 3.77. The molecular formula is C11H9BrO3. The van der Waals surface area contributed by atoms with Crippen LogP contribution in [0.4, 0.5) is 0 Å². The lowest BCUT2D eigenvalue weighted by Gasteiger charge is -2.03. The van der Waals surface area contributed by atoms with Crippen LogP contribution in [0.15, 0.2) is 45.5 Å². The van der Waals surface area contributed by atoms with Crippen LogP contribution in [-0.2, 0) is 6.61 Å². The van der Waals surface area contributed by atoms with Crippen LogP contribution >= 0.6 is 15.9 Å². The molecule has 0 atom stereocenters. The van der Waals surface area contributed by atoms with Crippen molar-refractivity contribution in [2.75, 3.05) is 0 Å². The maximum Gasteiger partial charge on any atom is 0.169 e. The van der Waals surface area contributed by atoms with E-state index >= 15 is 0 Å². The number of rotatable bonds is 3. The van der Waals surface area contributed by atoms with E-state index in [9.17, 15) is 5.11 Å². The van der Waals surface area contributed by atoms with Crippen molar-refractivity contribution in [3.8, 4) is 11.5 Å². The van der Waals surface area contributed by atoms with Gasteiger partial charge in [0.05, 0.1) is 0 Å². The second-order valence-electron chi connectivity index (χ2n) is 2.99. The van der Waals surface area contributed by atoms with Crippen LogP contribution in [0.2, 0.25) is 0 Å². The lowest BCUT2D eigenvalue weighted by Crippen LogP contribution is -1.92. The van der Waals surface area contributed by atoms with E-state index in [2.05, 4.69) is 15.9 Å². The summed E-state index contributed by atoms with van der Waals surface area (Å²) in [5.41, 5.74) is 0. The van der Waals surface area contributed by atoms with Gasteiger partial charge in [-0.05, 0) is 40.2 Å². The van der Waals surface area contributed by atoms with Gasteiger partial charge in [-0.2, -0.15) is 0 Å². The lowest BCUT2D eigenvalue weighted by atomic mass is 10.3. The minimum absolute atomic E-state index is 0.188. The van der Waals surface area contributed by atoms with E-state index in [1.165, 1.54) is 0 Å². The molecule has 78 valence electrons. The van der Waals surface area contributed by atoms with Crippen molar-refractivity contribution < 1.29 is 14.3 Å². The molecule has 3 nitrogen and oxygen atoms in total. The van der Waals surface area contributed by atoms with Gasteiger partial charge in [0.25, 0.3) is 0 Å².